The van der Waals surface area contributed by atoms with Crippen molar-refractivity contribution in [2.24, 2.45) is 0 Å². The van der Waals surface area contributed by atoms with Gasteiger partial charge in [0.05, 0.1) is 39.8 Å². The second-order valence-electron chi connectivity index (χ2n) is 8.58. The molecule has 0 aliphatic carbocycles. The molecule has 0 saturated carbocycles. The van der Waals surface area contributed by atoms with Crippen LogP contribution in [0.4, 0.5) is 0 Å². The molecular formula is C26H18O14S. The Morgan fingerprint density at radius 3 is 1.78 bits per heavy atom. The molecule has 0 spiro atoms. The highest BCUT2D eigenvalue weighted by Gasteiger charge is 2.32. The van der Waals surface area contributed by atoms with E-state index in [0.29, 0.717) is 0 Å². The first-order chi connectivity index (χ1) is 19.4. The molecule has 2 aromatic carbocycles. The Bertz CT molecular complexity index is 1510. The number of carboxylic acid groups (broad SMARTS) is 2. The Labute approximate surface area is 233 Å². The lowest BCUT2D eigenvalue weighted by atomic mass is 10.1. The van der Waals surface area contributed by atoms with Crippen LogP contribution in [0.1, 0.15) is 75.0 Å². The van der Waals surface area contributed by atoms with E-state index in [4.69, 9.17) is 14.6 Å². The van der Waals surface area contributed by atoms with E-state index in [-0.39, 0.29) is 45.6 Å². The number of esters is 6. The van der Waals surface area contributed by atoms with Gasteiger partial charge in [0.1, 0.15) is 18.0 Å². The highest BCUT2D eigenvalue weighted by molar-refractivity contribution is 8.00. The minimum atomic E-state index is -1.36. The summed E-state index contributed by atoms with van der Waals surface area (Å²) in [6.07, 6.45) is -1.91. The number of benzene rings is 2. The van der Waals surface area contributed by atoms with Crippen molar-refractivity contribution < 1.29 is 67.5 Å². The average molecular weight is 586 g/mol. The van der Waals surface area contributed by atoms with Crippen LogP contribution in [0.2, 0.25) is 0 Å². The number of aliphatic carboxylic acids is 2. The predicted octanol–water partition coefficient (Wildman–Crippen LogP) is 1.74. The monoisotopic (exact) mass is 586 g/mol. The van der Waals surface area contributed by atoms with Crippen molar-refractivity contribution in [1.82, 2.24) is 0 Å². The van der Waals surface area contributed by atoms with Gasteiger partial charge in [-0.1, -0.05) is 0 Å². The number of hydrogen-bond acceptors (Lipinski definition) is 13. The molecule has 0 fully saturated rings. The van der Waals surface area contributed by atoms with Gasteiger partial charge < -0.3 is 29.2 Å². The van der Waals surface area contributed by atoms with Crippen LogP contribution in [-0.2, 0) is 28.5 Å². The number of ether oxygens (including phenoxy) is 4. The zero-order chi connectivity index (χ0) is 29.8. The van der Waals surface area contributed by atoms with E-state index in [0.717, 1.165) is 23.9 Å². The third-order valence-corrected chi connectivity index (χ3v) is 7.07. The summed E-state index contributed by atoms with van der Waals surface area (Å²) < 4.78 is 19.6. The molecule has 2 atom stereocenters. The summed E-state index contributed by atoms with van der Waals surface area (Å²) in [7, 11) is 0. The standard InChI is InChI=1S/C26H18O14S/c27-19(28)9-18(20(29)30)41-6-5-13(38-22(32)12-2-4-15-17(8-12)26(36)40-24(15)34)10-37-21(31)11-1-3-14-16(7-11)25(35)39-23(14)33/h1-4,7-8,13,18H,5-6,9-10H2,(H,27,28)(H,29,30). The molecule has 15 heteroatoms. The summed E-state index contributed by atoms with van der Waals surface area (Å²) in [6, 6.07) is 7.07. The Morgan fingerprint density at radius 2 is 1.27 bits per heavy atom. The Hall–Kier alpha value is -5.05. The van der Waals surface area contributed by atoms with Crippen LogP contribution in [-0.4, -0.2) is 81.7 Å². The van der Waals surface area contributed by atoms with Crippen LogP contribution in [0.15, 0.2) is 36.4 Å². The first-order valence-electron chi connectivity index (χ1n) is 11.7. The molecule has 2 N–H and O–H groups in total. The minimum absolute atomic E-state index is 0.0163. The molecule has 2 aliphatic rings. The predicted molar refractivity (Wildman–Crippen MR) is 133 cm³/mol. The third-order valence-electron chi connectivity index (χ3n) is 5.83. The van der Waals surface area contributed by atoms with E-state index in [1.165, 1.54) is 24.3 Å². The first-order valence-corrected chi connectivity index (χ1v) is 12.7. The summed E-state index contributed by atoms with van der Waals surface area (Å²) in [5, 5.41) is 16.9. The van der Waals surface area contributed by atoms with Gasteiger partial charge in [-0.05, 0) is 48.6 Å². The molecule has 14 nitrogen and oxygen atoms in total. The number of carbonyl (C=O) groups is 8. The molecule has 212 valence electrons. The number of cyclic esters (lactones) is 4. The quantitative estimate of drug-likeness (QED) is 0.206. The van der Waals surface area contributed by atoms with E-state index in [1.807, 2.05) is 0 Å². The summed E-state index contributed by atoms with van der Waals surface area (Å²) in [5.74, 6) is -8.21. The molecule has 0 aromatic heterocycles. The smallest absolute Gasteiger partial charge is 0.346 e. The molecule has 0 radical (unpaired) electrons. The van der Waals surface area contributed by atoms with Gasteiger partial charge in [-0.2, -0.15) is 0 Å². The maximum atomic E-state index is 12.8. The van der Waals surface area contributed by atoms with E-state index in [2.05, 4.69) is 9.47 Å². The molecule has 2 aliphatic heterocycles. The van der Waals surface area contributed by atoms with Gasteiger partial charge in [0, 0.05) is 0 Å². The molecule has 2 aromatic rings. The summed E-state index contributed by atoms with van der Waals surface area (Å²) in [4.78, 5) is 94.7. The van der Waals surface area contributed by atoms with Gasteiger partial charge in [-0.25, -0.2) is 28.8 Å². The number of hydrogen-bond donors (Lipinski definition) is 2. The maximum Gasteiger partial charge on any atom is 0.346 e. The lowest BCUT2D eigenvalue weighted by Crippen LogP contribution is -2.27. The summed E-state index contributed by atoms with van der Waals surface area (Å²) in [6.45, 7) is -0.534. The van der Waals surface area contributed by atoms with Crippen molar-refractivity contribution in [3.8, 4) is 0 Å². The molecule has 2 heterocycles. The number of carbonyl (C=O) groups excluding carboxylic acids is 6. The van der Waals surface area contributed by atoms with Crippen LogP contribution in [0, 0.1) is 0 Å². The van der Waals surface area contributed by atoms with Crippen molar-refractivity contribution in [3.05, 3.63) is 69.8 Å². The van der Waals surface area contributed by atoms with Crippen LogP contribution in [0.3, 0.4) is 0 Å². The Morgan fingerprint density at radius 1 is 0.756 bits per heavy atom. The van der Waals surface area contributed by atoms with Crippen LogP contribution in [0.5, 0.6) is 0 Å². The Kier molecular flexibility index (Phi) is 8.47. The minimum Gasteiger partial charge on any atom is -0.481 e. The molecule has 4 rings (SSSR count). The fourth-order valence-corrected chi connectivity index (χ4v) is 4.88. The van der Waals surface area contributed by atoms with Crippen molar-refractivity contribution in [1.29, 1.82) is 0 Å². The SMILES string of the molecule is O=C(O)CC(SCCC(COC(=O)c1ccc2c(c1)C(=O)OC2=O)OC(=O)c1ccc2c(c1)C(=O)OC2=O)C(=O)O. The normalized spacial score (nSPS) is 14.8. The Balaban J connectivity index is 1.46. The lowest BCUT2D eigenvalue weighted by molar-refractivity contribution is -0.142. The maximum absolute atomic E-state index is 12.8. The van der Waals surface area contributed by atoms with Gasteiger partial charge in [0.15, 0.2) is 0 Å². The summed E-state index contributed by atoms with van der Waals surface area (Å²) in [5.41, 5.74) is -0.569. The number of rotatable bonds is 12. The highest BCUT2D eigenvalue weighted by atomic mass is 32.2. The van der Waals surface area contributed by atoms with Crippen molar-refractivity contribution in [2.45, 2.75) is 24.2 Å². The van der Waals surface area contributed by atoms with Crippen LogP contribution < -0.4 is 0 Å². The van der Waals surface area contributed by atoms with Gasteiger partial charge in [0.2, 0.25) is 0 Å². The zero-order valence-electron chi connectivity index (χ0n) is 20.6. The fourth-order valence-electron chi connectivity index (χ4n) is 3.79. The molecular weight excluding hydrogens is 568 g/mol. The van der Waals surface area contributed by atoms with Gasteiger partial charge in [0.25, 0.3) is 0 Å². The summed E-state index contributed by atoms with van der Waals surface area (Å²) >= 11 is 0.776. The molecule has 2 unspecified atom stereocenters. The van der Waals surface area contributed by atoms with E-state index in [9.17, 15) is 43.5 Å². The van der Waals surface area contributed by atoms with Crippen LogP contribution >= 0.6 is 11.8 Å². The molecule has 41 heavy (non-hydrogen) atoms. The van der Waals surface area contributed by atoms with Crippen molar-refractivity contribution in [3.63, 3.8) is 0 Å². The second kappa shape index (κ2) is 12.0. The van der Waals surface area contributed by atoms with Gasteiger partial charge >= 0.3 is 47.8 Å². The molecule has 0 saturated heterocycles. The average Bonchev–Trinajstić information content (AvgIpc) is 3.38. The topological polar surface area (TPSA) is 214 Å². The largest absolute Gasteiger partial charge is 0.481 e. The third kappa shape index (κ3) is 6.58. The van der Waals surface area contributed by atoms with Gasteiger partial charge in [-0.3, -0.25) is 9.59 Å². The first kappa shape index (κ1) is 28.9. The zero-order valence-corrected chi connectivity index (χ0v) is 21.5. The lowest BCUT2D eigenvalue weighted by Gasteiger charge is -2.19. The van der Waals surface area contributed by atoms with Crippen molar-refractivity contribution in [2.75, 3.05) is 12.4 Å². The van der Waals surface area contributed by atoms with Crippen molar-refractivity contribution >= 4 is 59.5 Å². The fraction of sp³-hybridized carbons (Fsp3) is 0.231. The number of thioether (sulfide) groups is 1. The van der Waals surface area contributed by atoms with E-state index in [1.54, 1.807) is 0 Å². The van der Waals surface area contributed by atoms with Gasteiger partial charge in [-0.15, -0.1) is 11.8 Å². The highest BCUT2D eigenvalue weighted by Crippen LogP contribution is 2.24. The number of carboxylic acids is 2. The van der Waals surface area contributed by atoms with E-state index >= 15 is 0 Å². The van der Waals surface area contributed by atoms with Crippen LogP contribution in [0.25, 0.3) is 0 Å². The molecule has 0 amide bonds. The van der Waals surface area contributed by atoms with E-state index < -0.39 is 72.1 Å². The number of fused-ring (bicyclic) bond motifs is 2. The molecule has 0 bridgehead atoms. The second-order valence-corrected chi connectivity index (χ2v) is 9.90.